The fraction of sp³-hybridized carbons (Fsp3) is 0.429. The molecule has 20 heavy (non-hydrogen) atoms. The number of hydrogen-bond donors (Lipinski definition) is 1. The summed E-state index contributed by atoms with van der Waals surface area (Å²) in [7, 11) is 0. The molecule has 0 radical (unpaired) electrons. The van der Waals surface area contributed by atoms with Crippen molar-refractivity contribution in [3.8, 4) is 0 Å². The van der Waals surface area contributed by atoms with Crippen molar-refractivity contribution in [3.05, 3.63) is 34.3 Å². The molecule has 1 aliphatic heterocycles. The number of rotatable bonds is 2. The van der Waals surface area contributed by atoms with Crippen LogP contribution in [-0.2, 0) is 0 Å². The molecule has 1 aromatic rings. The van der Waals surface area contributed by atoms with E-state index in [4.69, 9.17) is 12.2 Å². The Bertz CT molecular complexity index is 530. The SMILES string of the molecule is O=C(c1ccc(Br)cc1)N1CCCN1C(=S)NC1CC1. The second kappa shape index (κ2) is 5.69. The Kier molecular flexibility index (Phi) is 3.94. The van der Waals surface area contributed by atoms with Crippen LogP contribution in [-0.4, -0.2) is 40.2 Å². The molecule has 2 aliphatic rings. The number of halogens is 1. The van der Waals surface area contributed by atoms with Gasteiger partial charge in [0.25, 0.3) is 5.91 Å². The first-order chi connectivity index (χ1) is 9.65. The van der Waals surface area contributed by atoms with Crippen LogP contribution in [0.4, 0.5) is 0 Å². The fourth-order valence-electron chi connectivity index (χ4n) is 2.25. The smallest absolute Gasteiger partial charge is 0.272 e. The molecule has 1 aliphatic carbocycles. The monoisotopic (exact) mass is 353 g/mol. The summed E-state index contributed by atoms with van der Waals surface area (Å²) in [6, 6.07) is 7.94. The van der Waals surface area contributed by atoms with E-state index in [2.05, 4.69) is 21.2 Å². The van der Waals surface area contributed by atoms with Crippen LogP contribution in [0, 0.1) is 0 Å². The van der Waals surface area contributed by atoms with Gasteiger partial charge in [0, 0.05) is 29.2 Å². The minimum Gasteiger partial charge on any atom is -0.358 e. The van der Waals surface area contributed by atoms with Gasteiger partial charge < -0.3 is 5.32 Å². The van der Waals surface area contributed by atoms with Crippen LogP contribution in [0.25, 0.3) is 0 Å². The van der Waals surface area contributed by atoms with Crippen molar-refractivity contribution < 1.29 is 4.79 Å². The highest BCUT2D eigenvalue weighted by atomic mass is 79.9. The van der Waals surface area contributed by atoms with Crippen LogP contribution in [0.15, 0.2) is 28.7 Å². The first-order valence-corrected chi connectivity index (χ1v) is 8.00. The summed E-state index contributed by atoms with van der Waals surface area (Å²) < 4.78 is 0.971. The van der Waals surface area contributed by atoms with Gasteiger partial charge in [-0.2, -0.15) is 0 Å². The fourth-order valence-corrected chi connectivity index (χ4v) is 2.87. The molecule has 1 N–H and O–H groups in total. The van der Waals surface area contributed by atoms with Crippen molar-refractivity contribution in [3.63, 3.8) is 0 Å². The topological polar surface area (TPSA) is 35.6 Å². The van der Waals surface area contributed by atoms with Crippen LogP contribution in [0.2, 0.25) is 0 Å². The number of nitrogens with zero attached hydrogens (tertiary/aromatic N) is 2. The van der Waals surface area contributed by atoms with Crippen molar-refractivity contribution in [2.24, 2.45) is 0 Å². The maximum atomic E-state index is 12.6. The van der Waals surface area contributed by atoms with Crippen molar-refractivity contribution in [2.75, 3.05) is 13.1 Å². The van der Waals surface area contributed by atoms with E-state index in [-0.39, 0.29) is 5.91 Å². The van der Waals surface area contributed by atoms with Crippen molar-refractivity contribution in [1.29, 1.82) is 0 Å². The van der Waals surface area contributed by atoms with Gasteiger partial charge >= 0.3 is 0 Å². The van der Waals surface area contributed by atoms with Gasteiger partial charge in [0.2, 0.25) is 0 Å². The highest BCUT2D eigenvalue weighted by Gasteiger charge is 2.32. The number of carbonyl (C=O) groups excluding carboxylic acids is 1. The van der Waals surface area contributed by atoms with Gasteiger partial charge in [-0.15, -0.1) is 0 Å². The minimum atomic E-state index is 0.00921. The average molecular weight is 354 g/mol. The van der Waals surface area contributed by atoms with Crippen LogP contribution >= 0.6 is 28.1 Å². The Hall–Kier alpha value is -1.14. The third-order valence-corrected chi connectivity index (χ3v) is 4.35. The quantitative estimate of drug-likeness (QED) is 0.828. The van der Waals surface area contributed by atoms with Crippen molar-refractivity contribution >= 4 is 39.2 Å². The van der Waals surface area contributed by atoms with Gasteiger partial charge in [-0.25, -0.2) is 5.01 Å². The molecular formula is C14H16BrN3OS. The summed E-state index contributed by atoms with van der Waals surface area (Å²) in [6.45, 7) is 1.53. The largest absolute Gasteiger partial charge is 0.358 e. The zero-order valence-electron chi connectivity index (χ0n) is 11.0. The molecule has 6 heteroatoms. The Morgan fingerprint density at radius 3 is 2.50 bits per heavy atom. The van der Waals surface area contributed by atoms with Gasteiger partial charge in [0.1, 0.15) is 0 Å². The summed E-state index contributed by atoms with van der Waals surface area (Å²) in [6.07, 6.45) is 3.30. The predicted molar refractivity (Wildman–Crippen MR) is 85.3 cm³/mol. The van der Waals surface area contributed by atoms with E-state index in [1.807, 2.05) is 29.3 Å². The van der Waals surface area contributed by atoms with E-state index >= 15 is 0 Å². The lowest BCUT2D eigenvalue weighted by Gasteiger charge is -2.30. The number of nitrogens with one attached hydrogen (secondary N) is 1. The molecule has 0 aromatic heterocycles. The number of hydrazine groups is 1. The number of carbonyl (C=O) groups is 1. The van der Waals surface area contributed by atoms with Gasteiger partial charge in [-0.3, -0.25) is 9.80 Å². The molecule has 0 spiro atoms. The van der Waals surface area contributed by atoms with Crippen LogP contribution in [0.3, 0.4) is 0 Å². The molecule has 1 saturated carbocycles. The van der Waals surface area contributed by atoms with Crippen molar-refractivity contribution in [2.45, 2.75) is 25.3 Å². The second-order valence-corrected chi connectivity index (χ2v) is 6.44. The minimum absolute atomic E-state index is 0.00921. The molecule has 1 amide bonds. The molecule has 1 aromatic carbocycles. The molecule has 106 valence electrons. The summed E-state index contributed by atoms with van der Waals surface area (Å²) >= 11 is 8.79. The Labute approximate surface area is 132 Å². The maximum absolute atomic E-state index is 12.6. The first-order valence-electron chi connectivity index (χ1n) is 6.80. The van der Waals surface area contributed by atoms with Crippen LogP contribution in [0.1, 0.15) is 29.6 Å². The lowest BCUT2D eigenvalue weighted by atomic mass is 10.2. The number of amides is 1. The van der Waals surface area contributed by atoms with Crippen LogP contribution in [0.5, 0.6) is 0 Å². The first kappa shape index (κ1) is 13.8. The zero-order chi connectivity index (χ0) is 14.1. The van der Waals surface area contributed by atoms with E-state index < -0.39 is 0 Å². The average Bonchev–Trinajstić information content (AvgIpc) is 3.11. The van der Waals surface area contributed by atoms with E-state index in [1.165, 1.54) is 12.8 Å². The van der Waals surface area contributed by atoms with Crippen molar-refractivity contribution in [1.82, 2.24) is 15.3 Å². The van der Waals surface area contributed by atoms with Gasteiger partial charge in [0.05, 0.1) is 0 Å². The molecule has 0 bridgehead atoms. The Balaban J connectivity index is 1.72. The molecule has 4 nitrogen and oxygen atoms in total. The summed E-state index contributed by atoms with van der Waals surface area (Å²) in [5, 5.41) is 7.63. The third-order valence-electron chi connectivity index (χ3n) is 3.50. The molecule has 0 atom stereocenters. The van der Waals surface area contributed by atoms with E-state index in [0.29, 0.717) is 16.7 Å². The van der Waals surface area contributed by atoms with E-state index in [9.17, 15) is 4.79 Å². The zero-order valence-corrected chi connectivity index (χ0v) is 13.4. The summed E-state index contributed by atoms with van der Waals surface area (Å²) in [5.41, 5.74) is 0.689. The summed E-state index contributed by atoms with van der Waals surface area (Å²) in [5.74, 6) is 0.00921. The maximum Gasteiger partial charge on any atom is 0.272 e. The predicted octanol–water partition coefficient (Wildman–Crippen LogP) is 2.55. The van der Waals surface area contributed by atoms with E-state index in [1.54, 1.807) is 5.01 Å². The normalized spacial score (nSPS) is 18.2. The lowest BCUT2D eigenvalue weighted by Crippen LogP contribution is -2.49. The summed E-state index contributed by atoms with van der Waals surface area (Å²) in [4.78, 5) is 12.6. The molecular weight excluding hydrogens is 338 g/mol. The highest BCUT2D eigenvalue weighted by Crippen LogP contribution is 2.21. The molecule has 2 fully saturated rings. The number of thiocarbonyl (C=S) groups is 1. The Morgan fingerprint density at radius 1 is 1.20 bits per heavy atom. The molecule has 3 rings (SSSR count). The number of hydrogen-bond acceptors (Lipinski definition) is 2. The lowest BCUT2D eigenvalue weighted by molar-refractivity contribution is 0.0491. The standard InChI is InChI=1S/C14H16BrN3OS/c15-11-4-2-10(3-5-11)13(19)17-8-1-9-18(17)14(20)16-12-6-7-12/h2-5,12H,1,6-9H2,(H,16,20). The van der Waals surface area contributed by atoms with Gasteiger partial charge in [-0.1, -0.05) is 15.9 Å². The molecule has 1 heterocycles. The second-order valence-electron chi connectivity index (χ2n) is 5.14. The third kappa shape index (κ3) is 2.96. The molecule has 0 unspecified atom stereocenters. The Morgan fingerprint density at radius 2 is 1.85 bits per heavy atom. The van der Waals surface area contributed by atoms with Crippen LogP contribution < -0.4 is 5.32 Å². The van der Waals surface area contributed by atoms with Gasteiger partial charge in [0.15, 0.2) is 5.11 Å². The molecule has 1 saturated heterocycles. The number of benzene rings is 1. The highest BCUT2D eigenvalue weighted by molar-refractivity contribution is 9.10. The van der Waals surface area contributed by atoms with E-state index in [0.717, 1.165) is 24.0 Å². The van der Waals surface area contributed by atoms with Gasteiger partial charge in [-0.05, 0) is 55.7 Å².